The number of aliphatic hydroxyl groups is 1. The van der Waals surface area contributed by atoms with Crippen molar-refractivity contribution in [2.45, 2.75) is 18.3 Å². The Morgan fingerprint density at radius 1 is 0.970 bits per heavy atom. The van der Waals surface area contributed by atoms with Gasteiger partial charge in [-0.1, -0.05) is 54.6 Å². The van der Waals surface area contributed by atoms with E-state index in [9.17, 15) is 24.8 Å². The van der Waals surface area contributed by atoms with Gasteiger partial charge in [0.15, 0.2) is 0 Å². The van der Waals surface area contributed by atoms with Crippen LogP contribution in [0.5, 0.6) is 0 Å². The highest BCUT2D eigenvalue weighted by Gasteiger charge is 2.68. The van der Waals surface area contributed by atoms with Crippen molar-refractivity contribution in [3.8, 4) is 0 Å². The van der Waals surface area contributed by atoms with E-state index in [1.165, 1.54) is 6.07 Å². The second-order valence-corrected chi connectivity index (χ2v) is 9.02. The van der Waals surface area contributed by atoms with Crippen LogP contribution in [-0.2, 0) is 15.0 Å². The smallest absolute Gasteiger partial charge is 0.274 e. The fourth-order valence-corrected chi connectivity index (χ4v) is 6.39. The second-order valence-electron chi connectivity index (χ2n) is 9.02. The molecule has 2 amide bonds. The monoisotopic (exact) mass is 440 g/mol. The molecular formula is C26H20N2O5. The molecule has 7 rings (SSSR count). The van der Waals surface area contributed by atoms with Crippen molar-refractivity contribution in [3.63, 3.8) is 0 Å². The SMILES string of the molecule is Cc1ccc(N2C(=O)[C@@H]3[C@@H](C2=O)C2c4ccccc4C3(CO)c3ccccc32)cc1[N+](=O)[O-]. The Morgan fingerprint density at radius 2 is 1.58 bits per heavy atom. The van der Waals surface area contributed by atoms with E-state index in [0.29, 0.717) is 5.56 Å². The normalized spacial score (nSPS) is 26.7. The summed E-state index contributed by atoms with van der Waals surface area (Å²) in [5, 5.41) is 22.3. The van der Waals surface area contributed by atoms with Gasteiger partial charge in [-0.2, -0.15) is 0 Å². The highest BCUT2D eigenvalue weighted by atomic mass is 16.6. The summed E-state index contributed by atoms with van der Waals surface area (Å²) in [6.45, 7) is 1.29. The van der Waals surface area contributed by atoms with Gasteiger partial charge in [0.05, 0.1) is 34.5 Å². The van der Waals surface area contributed by atoms with Crippen molar-refractivity contribution < 1.29 is 19.6 Å². The van der Waals surface area contributed by atoms with Crippen molar-refractivity contribution in [2.24, 2.45) is 11.8 Å². The van der Waals surface area contributed by atoms with E-state index < -0.39 is 28.1 Å². The van der Waals surface area contributed by atoms with Crippen LogP contribution in [-0.4, -0.2) is 28.5 Å². The Labute approximate surface area is 189 Å². The van der Waals surface area contributed by atoms with Crippen LogP contribution in [0.1, 0.15) is 33.7 Å². The highest BCUT2D eigenvalue weighted by molar-refractivity contribution is 6.24. The number of rotatable bonds is 3. The zero-order valence-corrected chi connectivity index (χ0v) is 17.8. The van der Waals surface area contributed by atoms with E-state index in [4.69, 9.17) is 0 Å². The number of aliphatic hydroxyl groups excluding tert-OH is 1. The summed E-state index contributed by atoms with van der Waals surface area (Å²) in [6, 6.07) is 19.8. The van der Waals surface area contributed by atoms with Gasteiger partial charge in [-0.3, -0.25) is 19.7 Å². The molecule has 0 saturated carbocycles. The Balaban J connectivity index is 1.60. The summed E-state index contributed by atoms with van der Waals surface area (Å²) in [5.41, 5.74) is 3.09. The van der Waals surface area contributed by atoms with E-state index in [1.807, 2.05) is 48.5 Å². The first-order valence-electron chi connectivity index (χ1n) is 10.8. The molecule has 2 bridgehead atoms. The number of aryl methyl sites for hydroxylation is 1. The lowest BCUT2D eigenvalue weighted by molar-refractivity contribution is -0.385. The molecule has 1 aliphatic heterocycles. The molecule has 0 unspecified atom stereocenters. The standard InChI is InChI=1S/C26H20N2O5/c1-14-10-11-15(12-20(14)28(32)33)27-24(30)22-21-16-6-2-4-8-18(16)26(13-29,23(22)25(27)31)19-9-5-3-7-17(19)21/h2-12,21-23,29H,13H2,1H3/t21?,22-,23-,26?/m0/s1. The number of hydrogen-bond donors (Lipinski definition) is 1. The van der Waals surface area contributed by atoms with Crippen molar-refractivity contribution in [3.05, 3.63) is 105 Å². The first-order chi connectivity index (χ1) is 15.9. The van der Waals surface area contributed by atoms with Crippen LogP contribution in [0, 0.1) is 28.9 Å². The molecule has 1 N–H and O–H groups in total. The average Bonchev–Trinajstić information content (AvgIpc) is 3.10. The third-order valence-electron chi connectivity index (χ3n) is 7.69. The van der Waals surface area contributed by atoms with E-state index in [1.54, 1.807) is 19.1 Å². The zero-order chi connectivity index (χ0) is 23.1. The molecule has 0 radical (unpaired) electrons. The number of hydrogen-bond acceptors (Lipinski definition) is 5. The largest absolute Gasteiger partial charge is 0.395 e. The Hall–Kier alpha value is -3.84. The molecule has 1 heterocycles. The van der Waals surface area contributed by atoms with E-state index in [2.05, 4.69) is 0 Å². The zero-order valence-electron chi connectivity index (χ0n) is 17.8. The molecule has 7 nitrogen and oxygen atoms in total. The fourth-order valence-electron chi connectivity index (χ4n) is 6.39. The quantitative estimate of drug-likeness (QED) is 0.382. The maximum atomic E-state index is 13.9. The van der Waals surface area contributed by atoms with Gasteiger partial charge >= 0.3 is 0 Å². The number of carbonyl (C=O) groups excluding carboxylic acids is 2. The summed E-state index contributed by atoms with van der Waals surface area (Å²) in [5.74, 6) is -2.60. The van der Waals surface area contributed by atoms with Gasteiger partial charge in [-0.15, -0.1) is 0 Å². The number of nitro groups is 1. The molecular weight excluding hydrogens is 420 g/mol. The molecule has 0 spiro atoms. The lowest BCUT2D eigenvalue weighted by atomic mass is 9.47. The number of carbonyl (C=O) groups is 2. The topological polar surface area (TPSA) is 101 Å². The van der Waals surface area contributed by atoms with Gasteiger partial charge in [0.25, 0.3) is 5.69 Å². The van der Waals surface area contributed by atoms with Gasteiger partial charge in [0, 0.05) is 17.5 Å². The molecule has 3 aromatic rings. The van der Waals surface area contributed by atoms with E-state index >= 15 is 0 Å². The molecule has 4 aliphatic rings. The van der Waals surface area contributed by atoms with Gasteiger partial charge in [0.2, 0.25) is 11.8 Å². The van der Waals surface area contributed by atoms with Crippen LogP contribution >= 0.6 is 0 Å². The lowest BCUT2D eigenvalue weighted by Crippen LogP contribution is -2.55. The molecule has 164 valence electrons. The first kappa shape index (κ1) is 19.8. The molecule has 3 aromatic carbocycles. The first-order valence-corrected chi connectivity index (χ1v) is 10.8. The third kappa shape index (κ3) is 2.27. The Kier molecular flexibility index (Phi) is 3.95. The summed E-state index contributed by atoms with van der Waals surface area (Å²) in [4.78, 5) is 39.8. The van der Waals surface area contributed by atoms with Crippen LogP contribution < -0.4 is 4.90 Å². The van der Waals surface area contributed by atoms with Crippen LogP contribution in [0.3, 0.4) is 0 Å². The number of nitro benzene ring substituents is 1. The third-order valence-corrected chi connectivity index (χ3v) is 7.69. The summed E-state index contributed by atoms with van der Waals surface area (Å²) in [6.07, 6.45) is 0. The van der Waals surface area contributed by atoms with Crippen molar-refractivity contribution in [1.29, 1.82) is 0 Å². The van der Waals surface area contributed by atoms with Gasteiger partial charge < -0.3 is 5.11 Å². The van der Waals surface area contributed by atoms with Crippen molar-refractivity contribution in [2.75, 3.05) is 11.5 Å². The van der Waals surface area contributed by atoms with Crippen LogP contribution in [0.2, 0.25) is 0 Å². The minimum Gasteiger partial charge on any atom is -0.395 e. The lowest BCUT2D eigenvalue weighted by Gasteiger charge is -2.53. The van der Waals surface area contributed by atoms with Gasteiger partial charge in [-0.05, 0) is 35.2 Å². The van der Waals surface area contributed by atoms with Crippen LogP contribution in [0.15, 0.2) is 66.7 Å². The summed E-state index contributed by atoms with van der Waals surface area (Å²) >= 11 is 0. The Bertz CT molecular complexity index is 1330. The molecule has 33 heavy (non-hydrogen) atoms. The molecule has 1 saturated heterocycles. The minimum atomic E-state index is -1.05. The molecule has 0 aromatic heterocycles. The highest BCUT2D eigenvalue weighted by Crippen LogP contribution is 2.64. The number of anilines is 1. The number of nitrogens with zero attached hydrogens (tertiary/aromatic N) is 2. The Morgan fingerprint density at radius 3 is 2.15 bits per heavy atom. The summed E-state index contributed by atoms with van der Waals surface area (Å²) in [7, 11) is 0. The van der Waals surface area contributed by atoms with Crippen LogP contribution in [0.4, 0.5) is 11.4 Å². The van der Waals surface area contributed by atoms with E-state index in [-0.39, 0.29) is 29.8 Å². The van der Waals surface area contributed by atoms with E-state index in [0.717, 1.165) is 27.2 Å². The predicted octanol–water partition coefficient (Wildman–Crippen LogP) is 3.45. The number of amides is 2. The summed E-state index contributed by atoms with van der Waals surface area (Å²) < 4.78 is 0. The molecule has 2 atom stereocenters. The van der Waals surface area contributed by atoms with Crippen molar-refractivity contribution in [1.82, 2.24) is 0 Å². The fraction of sp³-hybridized carbons (Fsp3) is 0.231. The van der Waals surface area contributed by atoms with Crippen molar-refractivity contribution >= 4 is 23.2 Å². The predicted molar refractivity (Wildman–Crippen MR) is 120 cm³/mol. The van der Waals surface area contributed by atoms with Gasteiger partial charge in [0.1, 0.15) is 0 Å². The number of benzene rings is 3. The average molecular weight is 440 g/mol. The number of imide groups is 1. The maximum absolute atomic E-state index is 13.9. The van der Waals surface area contributed by atoms with Crippen LogP contribution in [0.25, 0.3) is 0 Å². The molecule has 7 heteroatoms. The molecule has 1 fully saturated rings. The second kappa shape index (κ2) is 6.59. The maximum Gasteiger partial charge on any atom is 0.274 e. The van der Waals surface area contributed by atoms with Gasteiger partial charge in [-0.25, -0.2) is 4.90 Å². The molecule has 3 aliphatic carbocycles. The minimum absolute atomic E-state index is 0.144.